The first kappa shape index (κ1) is 24.0. The van der Waals surface area contributed by atoms with Crippen LogP contribution in [0.1, 0.15) is 27.2 Å². The summed E-state index contributed by atoms with van der Waals surface area (Å²) in [5.74, 6) is -1.01. The molecule has 4 rings (SSSR count). The topological polar surface area (TPSA) is 118 Å². The largest absolute Gasteiger partial charge is 0.466 e. The van der Waals surface area contributed by atoms with E-state index in [2.05, 4.69) is 30.9 Å². The van der Waals surface area contributed by atoms with E-state index >= 15 is 0 Å². The molecule has 1 amide bonds. The maximum absolute atomic E-state index is 13.5. The van der Waals surface area contributed by atoms with E-state index in [4.69, 9.17) is 4.74 Å². The number of hydrogen-bond acceptors (Lipinski definition) is 8. The summed E-state index contributed by atoms with van der Waals surface area (Å²) >= 11 is 0. The van der Waals surface area contributed by atoms with E-state index in [0.29, 0.717) is 25.1 Å². The minimum absolute atomic E-state index is 0.273. The van der Waals surface area contributed by atoms with Crippen molar-refractivity contribution in [1.82, 2.24) is 20.6 Å². The molecular weight excluding hydrogens is 451 g/mol. The lowest BCUT2D eigenvalue weighted by molar-refractivity contribution is -0.148. The first-order valence-electron chi connectivity index (χ1n) is 11.1. The van der Waals surface area contributed by atoms with Gasteiger partial charge in [0.1, 0.15) is 11.6 Å². The van der Waals surface area contributed by atoms with Crippen LogP contribution in [0.25, 0.3) is 0 Å². The van der Waals surface area contributed by atoms with Crippen molar-refractivity contribution in [3.8, 4) is 0 Å². The Morgan fingerprint density at radius 3 is 2.74 bits per heavy atom. The van der Waals surface area contributed by atoms with Gasteiger partial charge in [0.25, 0.3) is 11.6 Å². The highest BCUT2D eigenvalue weighted by Crippen LogP contribution is 2.28. The van der Waals surface area contributed by atoms with Crippen LogP contribution in [0.2, 0.25) is 0 Å². The van der Waals surface area contributed by atoms with E-state index in [-0.39, 0.29) is 29.8 Å². The third-order valence-electron chi connectivity index (χ3n) is 5.50. The molecule has 0 fully saturated rings. The Morgan fingerprint density at radius 1 is 1.17 bits per heavy atom. The molecule has 3 N–H and O–H groups in total. The Hall–Kier alpha value is -4.18. The molecule has 10 heteroatoms. The summed E-state index contributed by atoms with van der Waals surface area (Å²) < 4.78 is 18.5. The van der Waals surface area contributed by atoms with Gasteiger partial charge in [-0.2, -0.15) is 0 Å². The summed E-state index contributed by atoms with van der Waals surface area (Å²) in [5.41, 5.74) is 0.733. The molecule has 1 unspecified atom stereocenters. The van der Waals surface area contributed by atoms with Crippen LogP contribution in [-0.4, -0.2) is 48.3 Å². The number of carbonyl (C=O) groups excluding carboxylic acids is 2. The van der Waals surface area contributed by atoms with Gasteiger partial charge in [0.2, 0.25) is 0 Å². The Morgan fingerprint density at radius 2 is 2.03 bits per heavy atom. The van der Waals surface area contributed by atoms with Crippen molar-refractivity contribution >= 4 is 23.9 Å². The Kier molecular flexibility index (Phi) is 7.41. The van der Waals surface area contributed by atoms with Crippen molar-refractivity contribution in [2.24, 2.45) is 4.99 Å². The number of halogens is 1. The van der Waals surface area contributed by atoms with E-state index in [1.54, 1.807) is 42.9 Å². The van der Waals surface area contributed by atoms with Crippen molar-refractivity contribution in [2.75, 3.05) is 25.5 Å². The Balaban J connectivity index is 1.59. The zero-order valence-electron chi connectivity index (χ0n) is 19.1. The number of carbonyl (C=O) groups is 2. The van der Waals surface area contributed by atoms with Gasteiger partial charge in [-0.15, -0.1) is 0 Å². The summed E-state index contributed by atoms with van der Waals surface area (Å²) in [6.07, 6.45) is 5.40. The summed E-state index contributed by atoms with van der Waals surface area (Å²) in [5, 5.41) is 9.03. The van der Waals surface area contributed by atoms with Crippen LogP contribution in [0.15, 0.2) is 65.9 Å². The molecule has 0 aliphatic carbocycles. The van der Waals surface area contributed by atoms with Crippen LogP contribution < -0.4 is 16.0 Å². The first-order chi connectivity index (χ1) is 17.0. The van der Waals surface area contributed by atoms with Crippen LogP contribution in [0, 0.1) is 5.82 Å². The monoisotopic (exact) mass is 476 g/mol. The van der Waals surface area contributed by atoms with Gasteiger partial charge in [-0.25, -0.2) is 14.2 Å². The highest BCUT2D eigenvalue weighted by atomic mass is 19.1. The molecule has 3 aromatic rings. The molecule has 1 atom stereocenters. The molecule has 180 valence electrons. The minimum atomic E-state index is -1.49. The number of pyridine rings is 2. The highest BCUT2D eigenvalue weighted by Gasteiger charge is 2.44. The fourth-order valence-corrected chi connectivity index (χ4v) is 3.73. The van der Waals surface area contributed by atoms with Crippen LogP contribution in [-0.2, 0) is 28.2 Å². The lowest BCUT2D eigenvalue weighted by atomic mass is 10.0. The molecule has 0 saturated heterocycles. The lowest BCUT2D eigenvalue weighted by Gasteiger charge is -2.24. The maximum atomic E-state index is 13.5. The summed E-state index contributed by atoms with van der Waals surface area (Å²) in [6, 6.07) is 13.1. The van der Waals surface area contributed by atoms with Gasteiger partial charge >= 0.3 is 5.97 Å². The van der Waals surface area contributed by atoms with Crippen molar-refractivity contribution in [3.63, 3.8) is 0 Å². The number of anilines is 1. The van der Waals surface area contributed by atoms with E-state index in [1.807, 2.05) is 12.1 Å². The zero-order valence-corrected chi connectivity index (χ0v) is 19.1. The van der Waals surface area contributed by atoms with Crippen molar-refractivity contribution in [2.45, 2.75) is 18.6 Å². The van der Waals surface area contributed by atoms with Crippen molar-refractivity contribution in [1.29, 1.82) is 0 Å². The summed E-state index contributed by atoms with van der Waals surface area (Å²) in [6.45, 7) is 1.03. The van der Waals surface area contributed by atoms with E-state index in [1.165, 1.54) is 19.2 Å². The van der Waals surface area contributed by atoms with E-state index < -0.39 is 11.6 Å². The standard InChI is InChI=1S/C25H25FN6O3/c1-35-24(34)25(30-12-13-31-25)21-8-7-20(23(33)29-16-18-5-3-10-27-15-18)22(32-21)28-11-9-17-4-2-6-19(26)14-17/h2-8,10,12,14-15,31H,9,11,13,16H2,1H3,(H,28,32)(H,29,33). The number of methoxy groups -OCH3 is 1. The molecule has 1 aliphatic rings. The predicted molar refractivity (Wildman–Crippen MR) is 128 cm³/mol. The van der Waals surface area contributed by atoms with Crippen LogP contribution in [0.4, 0.5) is 10.2 Å². The second-order valence-corrected chi connectivity index (χ2v) is 7.84. The fourth-order valence-electron chi connectivity index (χ4n) is 3.73. The van der Waals surface area contributed by atoms with Gasteiger partial charge in [-0.05, 0) is 47.9 Å². The SMILES string of the molecule is COC(=O)C1(c2ccc(C(=O)NCc3cccnc3)c(NCCc3cccc(F)c3)n2)N=CCN1. The minimum Gasteiger partial charge on any atom is -0.466 e. The number of benzene rings is 1. The Labute approximate surface area is 201 Å². The zero-order chi connectivity index (χ0) is 24.7. The molecule has 9 nitrogen and oxygen atoms in total. The average Bonchev–Trinajstić information content (AvgIpc) is 3.39. The second-order valence-electron chi connectivity index (χ2n) is 7.84. The third kappa shape index (κ3) is 5.49. The van der Waals surface area contributed by atoms with Crippen molar-refractivity contribution in [3.05, 3.63) is 89.1 Å². The predicted octanol–water partition coefficient (Wildman–Crippen LogP) is 2.20. The lowest BCUT2D eigenvalue weighted by Crippen LogP contribution is -2.46. The number of aromatic nitrogens is 2. The second kappa shape index (κ2) is 10.8. The van der Waals surface area contributed by atoms with Gasteiger partial charge in [0, 0.05) is 38.2 Å². The molecule has 3 heterocycles. The average molecular weight is 477 g/mol. The van der Waals surface area contributed by atoms with Crippen LogP contribution in [0.3, 0.4) is 0 Å². The number of nitrogens with zero attached hydrogens (tertiary/aromatic N) is 3. The van der Waals surface area contributed by atoms with Gasteiger partial charge in [-0.3, -0.25) is 20.1 Å². The smallest absolute Gasteiger partial charge is 0.355 e. The third-order valence-corrected chi connectivity index (χ3v) is 5.50. The fraction of sp³-hybridized carbons (Fsp3) is 0.240. The Bertz CT molecular complexity index is 1240. The molecule has 2 aromatic heterocycles. The number of ether oxygens (including phenoxy) is 1. The van der Waals surface area contributed by atoms with Crippen LogP contribution in [0.5, 0.6) is 0 Å². The summed E-state index contributed by atoms with van der Waals surface area (Å²) in [7, 11) is 1.28. The molecule has 1 aliphatic heterocycles. The molecular formula is C25H25FN6O3. The number of rotatable bonds is 9. The molecule has 0 saturated carbocycles. The number of amides is 1. The van der Waals surface area contributed by atoms with E-state index in [0.717, 1.165) is 11.1 Å². The van der Waals surface area contributed by atoms with Crippen LogP contribution >= 0.6 is 0 Å². The van der Waals surface area contributed by atoms with E-state index in [9.17, 15) is 14.0 Å². The number of hydrogen-bond donors (Lipinski definition) is 3. The normalized spacial score (nSPS) is 16.6. The quantitative estimate of drug-likeness (QED) is 0.405. The number of aliphatic imine (C=N–C) groups is 1. The van der Waals surface area contributed by atoms with Gasteiger partial charge in [0.05, 0.1) is 18.4 Å². The number of nitrogens with one attached hydrogen (secondary N) is 3. The maximum Gasteiger partial charge on any atom is 0.355 e. The first-order valence-corrected chi connectivity index (χ1v) is 11.1. The van der Waals surface area contributed by atoms with Gasteiger partial charge in [-0.1, -0.05) is 18.2 Å². The summed E-state index contributed by atoms with van der Waals surface area (Å²) in [4.78, 5) is 38.5. The van der Waals surface area contributed by atoms with Gasteiger partial charge in [0.15, 0.2) is 0 Å². The molecule has 1 aromatic carbocycles. The molecule has 0 bridgehead atoms. The molecule has 35 heavy (non-hydrogen) atoms. The molecule has 0 spiro atoms. The van der Waals surface area contributed by atoms with Crippen molar-refractivity contribution < 1.29 is 18.7 Å². The highest BCUT2D eigenvalue weighted by molar-refractivity contribution is 5.99. The number of esters is 1. The molecule has 0 radical (unpaired) electrons. The van der Waals surface area contributed by atoms with Gasteiger partial charge < -0.3 is 15.4 Å².